The lowest BCUT2D eigenvalue weighted by atomic mass is 10.1. The smallest absolute Gasteiger partial charge is 0.282 e. The van der Waals surface area contributed by atoms with E-state index in [1.54, 1.807) is 30.3 Å². The number of carbonyl (C=O) groups is 2. The number of hydrogen-bond acceptors (Lipinski definition) is 4. The zero-order chi connectivity index (χ0) is 19.9. The summed E-state index contributed by atoms with van der Waals surface area (Å²) in [5.74, 6) is -1.02. The number of para-hydroxylation sites is 2. The number of nitrogens with zero attached hydrogens (tertiary/aromatic N) is 1. The van der Waals surface area contributed by atoms with Crippen molar-refractivity contribution in [2.24, 2.45) is 0 Å². The number of benzene rings is 3. The summed E-state index contributed by atoms with van der Waals surface area (Å²) in [7, 11) is 0. The van der Waals surface area contributed by atoms with Gasteiger partial charge in [-0.25, -0.2) is 0 Å². The molecule has 0 unspecified atom stereocenters. The first-order valence-electron chi connectivity index (χ1n) is 8.52. The Morgan fingerprint density at radius 2 is 1.39 bits per heavy atom. The first kappa shape index (κ1) is 18.8. The van der Waals surface area contributed by atoms with Crippen LogP contribution in [0.2, 0.25) is 0 Å². The van der Waals surface area contributed by atoms with Gasteiger partial charge in [-0.3, -0.25) is 19.7 Å². The average molecular weight is 375 g/mol. The van der Waals surface area contributed by atoms with Crippen LogP contribution in [0, 0.1) is 10.1 Å². The number of anilines is 1. The standard InChI is InChI=1S/C21H17N3O4/c25-20(22-14-15-8-2-1-3-9-15)16-10-4-6-12-18(16)23-21(26)17-11-5-7-13-19(17)24(27)28/h1-13H,14H2,(H,22,25)(H,23,26). The van der Waals surface area contributed by atoms with E-state index < -0.39 is 10.8 Å². The molecule has 28 heavy (non-hydrogen) atoms. The van der Waals surface area contributed by atoms with Crippen LogP contribution in [0.25, 0.3) is 0 Å². The normalized spacial score (nSPS) is 10.1. The van der Waals surface area contributed by atoms with Crippen LogP contribution in [-0.4, -0.2) is 16.7 Å². The molecule has 3 aromatic rings. The van der Waals surface area contributed by atoms with Crippen molar-refractivity contribution in [3.63, 3.8) is 0 Å². The van der Waals surface area contributed by atoms with E-state index in [-0.39, 0.29) is 28.4 Å². The van der Waals surface area contributed by atoms with Crippen LogP contribution in [0.3, 0.4) is 0 Å². The molecule has 0 atom stereocenters. The predicted octanol–water partition coefficient (Wildman–Crippen LogP) is 3.78. The molecule has 2 amide bonds. The molecule has 0 spiro atoms. The van der Waals surface area contributed by atoms with E-state index >= 15 is 0 Å². The molecule has 140 valence electrons. The van der Waals surface area contributed by atoms with Crippen LogP contribution in [0.5, 0.6) is 0 Å². The second-order valence-electron chi connectivity index (χ2n) is 5.94. The maximum absolute atomic E-state index is 12.6. The maximum atomic E-state index is 12.6. The molecule has 0 radical (unpaired) electrons. The summed E-state index contributed by atoms with van der Waals surface area (Å²) in [6.45, 7) is 0.339. The van der Waals surface area contributed by atoms with E-state index in [9.17, 15) is 19.7 Å². The largest absolute Gasteiger partial charge is 0.348 e. The lowest BCUT2D eigenvalue weighted by Crippen LogP contribution is -2.25. The van der Waals surface area contributed by atoms with E-state index in [0.29, 0.717) is 6.54 Å². The van der Waals surface area contributed by atoms with Crippen molar-refractivity contribution in [2.75, 3.05) is 5.32 Å². The van der Waals surface area contributed by atoms with Gasteiger partial charge in [0.2, 0.25) is 0 Å². The molecule has 2 N–H and O–H groups in total. The van der Waals surface area contributed by atoms with Crippen molar-refractivity contribution in [1.82, 2.24) is 5.32 Å². The first-order chi connectivity index (χ1) is 13.6. The molecule has 0 bridgehead atoms. The Labute approximate surface area is 161 Å². The third kappa shape index (κ3) is 4.39. The highest BCUT2D eigenvalue weighted by atomic mass is 16.6. The second kappa shape index (κ2) is 8.59. The Hall–Kier alpha value is -4.00. The van der Waals surface area contributed by atoms with Crippen molar-refractivity contribution >= 4 is 23.2 Å². The van der Waals surface area contributed by atoms with Crippen LogP contribution in [0.15, 0.2) is 78.9 Å². The van der Waals surface area contributed by atoms with Gasteiger partial charge in [-0.2, -0.15) is 0 Å². The minimum Gasteiger partial charge on any atom is -0.348 e. The molecule has 3 aromatic carbocycles. The fourth-order valence-corrected chi connectivity index (χ4v) is 2.68. The number of nitro groups is 1. The van der Waals surface area contributed by atoms with Crippen molar-refractivity contribution in [1.29, 1.82) is 0 Å². The summed E-state index contributed by atoms with van der Waals surface area (Å²) in [6, 6.07) is 21.6. The summed E-state index contributed by atoms with van der Waals surface area (Å²) >= 11 is 0. The van der Waals surface area contributed by atoms with E-state index in [0.717, 1.165) is 5.56 Å². The molecule has 0 aliphatic rings. The maximum Gasteiger partial charge on any atom is 0.282 e. The topological polar surface area (TPSA) is 101 Å². The SMILES string of the molecule is O=C(NCc1ccccc1)c1ccccc1NC(=O)c1ccccc1[N+](=O)[O-]. The molecular weight excluding hydrogens is 358 g/mol. The summed E-state index contributed by atoms with van der Waals surface area (Å²) in [5.41, 5.74) is 1.11. The van der Waals surface area contributed by atoms with Gasteiger partial charge in [0.25, 0.3) is 17.5 Å². The molecule has 3 rings (SSSR count). The van der Waals surface area contributed by atoms with E-state index in [4.69, 9.17) is 0 Å². The molecule has 0 aliphatic carbocycles. The summed E-state index contributed by atoms with van der Waals surface area (Å²) < 4.78 is 0. The van der Waals surface area contributed by atoms with Crippen LogP contribution in [-0.2, 0) is 6.54 Å². The van der Waals surface area contributed by atoms with Gasteiger partial charge in [-0.15, -0.1) is 0 Å². The molecule has 0 aliphatic heterocycles. The highest BCUT2D eigenvalue weighted by molar-refractivity contribution is 6.10. The second-order valence-corrected chi connectivity index (χ2v) is 5.94. The van der Waals surface area contributed by atoms with Gasteiger partial charge in [0.05, 0.1) is 16.2 Å². The van der Waals surface area contributed by atoms with E-state index in [2.05, 4.69) is 10.6 Å². The third-order valence-corrected chi connectivity index (χ3v) is 4.06. The van der Waals surface area contributed by atoms with E-state index in [1.807, 2.05) is 30.3 Å². The number of hydrogen-bond donors (Lipinski definition) is 2. The highest BCUT2D eigenvalue weighted by Gasteiger charge is 2.21. The van der Waals surface area contributed by atoms with Gasteiger partial charge in [-0.1, -0.05) is 54.6 Å². The molecule has 7 heteroatoms. The molecule has 0 heterocycles. The van der Waals surface area contributed by atoms with Crippen LogP contribution < -0.4 is 10.6 Å². The summed E-state index contributed by atoms with van der Waals surface area (Å²) in [6.07, 6.45) is 0. The van der Waals surface area contributed by atoms with Gasteiger partial charge >= 0.3 is 0 Å². The summed E-state index contributed by atoms with van der Waals surface area (Å²) in [5, 5.41) is 16.5. The quantitative estimate of drug-likeness (QED) is 0.506. The Morgan fingerprint density at radius 3 is 2.11 bits per heavy atom. The number of carbonyl (C=O) groups excluding carboxylic acids is 2. The number of nitro benzene ring substituents is 1. The third-order valence-electron chi connectivity index (χ3n) is 4.06. The molecule has 7 nitrogen and oxygen atoms in total. The molecule has 0 saturated carbocycles. The Morgan fingerprint density at radius 1 is 0.786 bits per heavy atom. The van der Waals surface area contributed by atoms with Crippen LogP contribution in [0.4, 0.5) is 11.4 Å². The van der Waals surface area contributed by atoms with Crippen LogP contribution in [0.1, 0.15) is 26.3 Å². The van der Waals surface area contributed by atoms with E-state index in [1.165, 1.54) is 18.2 Å². The zero-order valence-electron chi connectivity index (χ0n) is 14.8. The fourth-order valence-electron chi connectivity index (χ4n) is 2.68. The first-order valence-corrected chi connectivity index (χ1v) is 8.52. The van der Waals surface area contributed by atoms with Gasteiger partial charge in [0.1, 0.15) is 5.56 Å². The molecule has 0 fully saturated rings. The van der Waals surface area contributed by atoms with Gasteiger partial charge in [0, 0.05) is 12.6 Å². The zero-order valence-corrected chi connectivity index (χ0v) is 14.8. The van der Waals surface area contributed by atoms with Crippen molar-refractivity contribution in [3.05, 3.63) is 106 Å². The van der Waals surface area contributed by atoms with Gasteiger partial charge in [-0.05, 0) is 23.8 Å². The van der Waals surface area contributed by atoms with Crippen molar-refractivity contribution in [3.8, 4) is 0 Å². The number of amides is 2. The van der Waals surface area contributed by atoms with Crippen LogP contribution >= 0.6 is 0 Å². The Bertz CT molecular complexity index is 1020. The average Bonchev–Trinajstić information content (AvgIpc) is 2.73. The Balaban J connectivity index is 1.78. The monoisotopic (exact) mass is 375 g/mol. The number of rotatable bonds is 6. The highest BCUT2D eigenvalue weighted by Crippen LogP contribution is 2.21. The molecule has 0 saturated heterocycles. The van der Waals surface area contributed by atoms with Crippen molar-refractivity contribution < 1.29 is 14.5 Å². The van der Waals surface area contributed by atoms with Crippen molar-refractivity contribution in [2.45, 2.75) is 6.54 Å². The lowest BCUT2D eigenvalue weighted by Gasteiger charge is -2.12. The minimum atomic E-state index is -0.657. The minimum absolute atomic E-state index is 0.0769. The van der Waals surface area contributed by atoms with Gasteiger partial charge in [0.15, 0.2) is 0 Å². The summed E-state index contributed by atoms with van der Waals surface area (Å²) in [4.78, 5) is 35.6. The lowest BCUT2D eigenvalue weighted by molar-refractivity contribution is -0.385. The van der Waals surface area contributed by atoms with Gasteiger partial charge < -0.3 is 10.6 Å². The Kier molecular flexibility index (Phi) is 5.76. The molecule has 0 aromatic heterocycles. The fraction of sp³-hybridized carbons (Fsp3) is 0.0476. The molecular formula is C21H17N3O4. The number of nitrogens with one attached hydrogen (secondary N) is 2. The predicted molar refractivity (Wildman–Crippen MR) is 105 cm³/mol.